The zero-order valence-corrected chi connectivity index (χ0v) is 18.2. The molecule has 1 saturated heterocycles. The van der Waals surface area contributed by atoms with Crippen LogP contribution in [-0.2, 0) is 0 Å². The number of nitrogens with two attached hydrogens (primary N) is 1. The molecule has 29 heavy (non-hydrogen) atoms. The van der Waals surface area contributed by atoms with Crippen molar-refractivity contribution >= 4 is 33.5 Å². The summed E-state index contributed by atoms with van der Waals surface area (Å²) in [6.07, 6.45) is 5.92. The van der Waals surface area contributed by atoms with E-state index in [1.807, 2.05) is 11.8 Å². The quantitative estimate of drug-likeness (QED) is 0.780. The zero-order valence-electron chi connectivity index (χ0n) is 17.4. The lowest BCUT2D eigenvalue weighted by atomic mass is 9.83. The van der Waals surface area contributed by atoms with E-state index in [9.17, 15) is 4.79 Å². The fourth-order valence-electron chi connectivity index (χ4n) is 4.99. The van der Waals surface area contributed by atoms with E-state index in [0.717, 1.165) is 51.5 Å². The lowest BCUT2D eigenvalue weighted by Crippen LogP contribution is -2.47. The molecular formula is C22H33N5OS. The number of nitrogens with zero attached hydrogens (tertiary/aromatic N) is 4. The lowest BCUT2D eigenvalue weighted by molar-refractivity contribution is 0.146. The summed E-state index contributed by atoms with van der Waals surface area (Å²) in [7, 11) is 0. The first-order chi connectivity index (χ1) is 14.2. The maximum atomic E-state index is 11.6. The van der Waals surface area contributed by atoms with Crippen LogP contribution in [0.2, 0.25) is 0 Å². The van der Waals surface area contributed by atoms with Crippen LogP contribution in [-0.4, -0.2) is 65.5 Å². The normalized spacial score (nSPS) is 23.4. The molecule has 2 N–H and O–H groups in total. The second-order valence-corrected chi connectivity index (χ2v) is 9.22. The third kappa shape index (κ3) is 4.67. The van der Waals surface area contributed by atoms with Crippen molar-refractivity contribution in [2.75, 3.05) is 44.2 Å². The summed E-state index contributed by atoms with van der Waals surface area (Å²) in [6, 6.07) is 8.63. The molecule has 1 aliphatic carbocycles. The van der Waals surface area contributed by atoms with Gasteiger partial charge in [-0.25, -0.2) is 4.79 Å². The number of benzene rings is 1. The molecule has 6 nitrogen and oxygen atoms in total. The predicted molar refractivity (Wildman–Crippen MR) is 121 cm³/mol. The Bertz CT molecular complexity index is 808. The van der Waals surface area contributed by atoms with E-state index in [-0.39, 0.29) is 6.03 Å². The van der Waals surface area contributed by atoms with E-state index in [1.54, 1.807) is 11.5 Å². The van der Waals surface area contributed by atoms with Gasteiger partial charge in [0.15, 0.2) is 0 Å². The molecule has 2 amide bonds. The summed E-state index contributed by atoms with van der Waals surface area (Å²) in [5, 5.41) is 1.29. The van der Waals surface area contributed by atoms with Crippen LogP contribution in [0.15, 0.2) is 24.3 Å². The number of anilines is 1. The van der Waals surface area contributed by atoms with Gasteiger partial charge < -0.3 is 15.5 Å². The fourth-order valence-corrected chi connectivity index (χ4v) is 5.78. The van der Waals surface area contributed by atoms with Gasteiger partial charge in [-0.15, -0.1) is 0 Å². The molecule has 158 valence electrons. The van der Waals surface area contributed by atoms with Gasteiger partial charge in [-0.05, 0) is 75.2 Å². The van der Waals surface area contributed by atoms with Crippen LogP contribution < -0.4 is 10.6 Å². The monoisotopic (exact) mass is 415 g/mol. The average Bonchev–Trinajstić information content (AvgIpc) is 3.18. The van der Waals surface area contributed by atoms with Crippen LogP contribution in [0, 0.1) is 5.92 Å². The van der Waals surface area contributed by atoms with E-state index >= 15 is 0 Å². The minimum Gasteiger partial charge on any atom is -0.353 e. The zero-order chi connectivity index (χ0) is 20.2. The maximum Gasteiger partial charge on any atom is 0.315 e. The van der Waals surface area contributed by atoms with E-state index < -0.39 is 0 Å². The highest BCUT2D eigenvalue weighted by atomic mass is 32.1. The molecule has 0 unspecified atom stereocenters. The van der Waals surface area contributed by atoms with Gasteiger partial charge >= 0.3 is 6.03 Å². The molecule has 2 fully saturated rings. The molecule has 0 bridgehead atoms. The first kappa shape index (κ1) is 20.4. The van der Waals surface area contributed by atoms with Crippen LogP contribution in [0.4, 0.5) is 10.6 Å². The van der Waals surface area contributed by atoms with Crippen molar-refractivity contribution in [3.63, 3.8) is 0 Å². The van der Waals surface area contributed by atoms with E-state index in [4.69, 9.17) is 10.1 Å². The van der Waals surface area contributed by atoms with Gasteiger partial charge in [0.05, 0.1) is 4.70 Å². The van der Waals surface area contributed by atoms with E-state index in [2.05, 4.69) is 34.1 Å². The Morgan fingerprint density at radius 3 is 2.59 bits per heavy atom. The number of piperazine rings is 1. The number of carbonyl (C=O) groups is 1. The molecule has 0 atom stereocenters. The Hall–Kier alpha value is -1.86. The van der Waals surface area contributed by atoms with Gasteiger partial charge in [-0.1, -0.05) is 12.1 Å². The van der Waals surface area contributed by atoms with Crippen LogP contribution in [0.1, 0.15) is 39.0 Å². The minimum atomic E-state index is -0.262. The van der Waals surface area contributed by atoms with Gasteiger partial charge in [0, 0.05) is 44.2 Å². The molecule has 1 aromatic heterocycles. The molecule has 2 heterocycles. The smallest absolute Gasteiger partial charge is 0.315 e. The largest absolute Gasteiger partial charge is 0.353 e. The van der Waals surface area contributed by atoms with Crippen molar-refractivity contribution in [1.29, 1.82) is 0 Å². The summed E-state index contributed by atoms with van der Waals surface area (Å²) < 4.78 is 5.99. The standard InChI is InChI=1S/C22H33N5OS/c1-2-27(22(23)28)18-9-7-17(8-10-18)11-12-25-13-15-26(16-14-25)21-19-5-3-4-6-20(19)29-24-21/h3-6,17-18H,2,7-16H2,1H3,(H2,23,28). The number of rotatable bonds is 6. The molecule has 2 aromatic rings. The highest BCUT2D eigenvalue weighted by Gasteiger charge is 2.27. The van der Waals surface area contributed by atoms with Gasteiger partial charge in [-0.2, -0.15) is 4.37 Å². The maximum absolute atomic E-state index is 11.6. The topological polar surface area (TPSA) is 65.7 Å². The number of primary amides is 1. The molecular weight excluding hydrogens is 382 g/mol. The Labute approximate surface area is 177 Å². The minimum absolute atomic E-state index is 0.262. The third-order valence-electron chi connectivity index (χ3n) is 6.76. The molecule has 7 heteroatoms. The molecule has 4 rings (SSSR count). The molecule has 0 radical (unpaired) electrons. The highest BCUT2D eigenvalue weighted by molar-refractivity contribution is 7.13. The van der Waals surface area contributed by atoms with Crippen LogP contribution in [0.3, 0.4) is 0 Å². The van der Waals surface area contributed by atoms with Gasteiger partial charge in [0.1, 0.15) is 5.82 Å². The SMILES string of the molecule is CCN(C(N)=O)C1CCC(CCN2CCN(c3nsc4ccccc34)CC2)CC1. The Morgan fingerprint density at radius 2 is 1.90 bits per heavy atom. The highest BCUT2D eigenvalue weighted by Crippen LogP contribution is 2.31. The van der Waals surface area contributed by atoms with Crippen molar-refractivity contribution in [1.82, 2.24) is 14.2 Å². The van der Waals surface area contributed by atoms with E-state index in [0.29, 0.717) is 6.04 Å². The van der Waals surface area contributed by atoms with Crippen molar-refractivity contribution in [2.24, 2.45) is 11.7 Å². The molecule has 0 spiro atoms. The van der Waals surface area contributed by atoms with Crippen molar-refractivity contribution in [3.8, 4) is 0 Å². The fraction of sp³-hybridized carbons (Fsp3) is 0.636. The summed E-state index contributed by atoms with van der Waals surface area (Å²) >= 11 is 1.61. The third-order valence-corrected chi connectivity index (χ3v) is 7.58. The number of carbonyl (C=O) groups excluding carboxylic acids is 1. The van der Waals surface area contributed by atoms with Crippen molar-refractivity contribution in [2.45, 2.75) is 45.1 Å². The second kappa shape index (κ2) is 9.30. The number of urea groups is 1. The number of hydrogen-bond donors (Lipinski definition) is 1. The van der Waals surface area contributed by atoms with Crippen molar-refractivity contribution in [3.05, 3.63) is 24.3 Å². The summed E-state index contributed by atoms with van der Waals surface area (Å²) in [4.78, 5) is 18.5. The summed E-state index contributed by atoms with van der Waals surface area (Å²) in [5.74, 6) is 1.96. The number of fused-ring (bicyclic) bond motifs is 1. The number of amides is 2. The lowest BCUT2D eigenvalue weighted by Gasteiger charge is -2.38. The van der Waals surface area contributed by atoms with Crippen LogP contribution >= 0.6 is 11.5 Å². The second-order valence-electron chi connectivity index (χ2n) is 8.42. The van der Waals surface area contributed by atoms with Crippen molar-refractivity contribution < 1.29 is 4.79 Å². The van der Waals surface area contributed by atoms with Gasteiger partial charge in [-0.3, -0.25) is 4.90 Å². The first-order valence-electron chi connectivity index (χ1n) is 11.0. The van der Waals surface area contributed by atoms with Crippen LogP contribution in [0.5, 0.6) is 0 Å². The number of hydrogen-bond acceptors (Lipinski definition) is 5. The van der Waals surface area contributed by atoms with Gasteiger partial charge in [0.2, 0.25) is 0 Å². The Morgan fingerprint density at radius 1 is 1.17 bits per heavy atom. The van der Waals surface area contributed by atoms with E-state index in [1.165, 1.54) is 41.7 Å². The average molecular weight is 416 g/mol. The summed E-state index contributed by atoms with van der Waals surface area (Å²) in [5.41, 5.74) is 5.52. The molecule has 2 aliphatic rings. The van der Waals surface area contributed by atoms with Gasteiger partial charge in [0.25, 0.3) is 0 Å². The summed E-state index contributed by atoms with van der Waals surface area (Å²) in [6.45, 7) is 8.29. The molecule has 1 aromatic carbocycles. The number of aromatic nitrogens is 1. The Kier molecular flexibility index (Phi) is 6.55. The molecule has 1 saturated carbocycles. The Balaban J connectivity index is 1.21. The molecule has 1 aliphatic heterocycles. The first-order valence-corrected chi connectivity index (χ1v) is 11.8. The predicted octanol–water partition coefficient (Wildman–Crippen LogP) is 3.77. The van der Waals surface area contributed by atoms with Crippen LogP contribution in [0.25, 0.3) is 10.1 Å².